The summed E-state index contributed by atoms with van der Waals surface area (Å²) < 4.78 is 7.44. The molecule has 0 spiro atoms. The minimum atomic E-state index is -0.990. The summed E-state index contributed by atoms with van der Waals surface area (Å²) in [7, 11) is 0. The molecule has 42 heavy (non-hydrogen) atoms. The van der Waals surface area contributed by atoms with Crippen molar-refractivity contribution >= 4 is 54.3 Å². The van der Waals surface area contributed by atoms with Crippen LogP contribution in [0.2, 0.25) is 0 Å². The average molecular weight is 693 g/mol. The highest BCUT2D eigenvalue weighted by molar-refractivity contribution is 9.11. The summed E-state index contributed by atoms with van der Waals surface area (Å²) in [5.74, 6) is -0.507. The van der Waals surface area contributed by atoms with Crippen molar-refractivity contribution in [3.63, 3.8) is 0 Å². The molecule has 1 heterocycles. The lowest BCUT2D eigenvalue weighted by atomic mass is 9.78. The minimum absolute atomic E-state index is 0.182. The summed E-state index contributed by atoms with van der Waals surface area (Å²) >= 11 is 6.87. The SMILES string of the molecule is CC(C)(C)c1cc(CCCOc2cccc3ccc(C4C(=O)c5c(Br)ccc(Br)c5C4=O)nc23)cc(C(C)(C)C)c1O. The van der Waals surface area contributed by atoms with Crippen molar-refractivity contribution in [2.24, 2.45) is 0 Å². The van der Waals surface area contributed by atoms with Gasteiger partial charge in [0.1, 0.15) is 22.9 Å². The quantitative estimate of drug-likeness (QED) is 0.161. The fraction of sp³-hybridized carbons (Fsp3) is 0.343. The van der Waals surface area contributed by atoms with Gasteiger partial charge in [-0.1, -0.05) is 104 Å². The molecular weight excluding hydrogens is 658 g/mol. The van der Waals surface area contributed by atoms with E-state index in [1.54, 1.807) is 18.2 Å². The lowest BCUT2D eigenvalue weighted by Gasteiger charge is -2.28. The third kappa shape index (κ3) is 5.66. The third-order valence-corrected chi connectivity index (χ3v) is 9.10. The van der Waals surface area contributed by atoms with Crippen LogP contribution in [0.15, 0.2) is 63.5 Å². The molecular formula is C35H35Br2NO4. The van der Waals surface area contributed by atoms with Crippen LogP contribution in [0.25, 0.3) is 10.9 Å². The number of fused-ring (bicyclic) bond motifs is 2. The molecule has 0 unspecified atom stereocenters. The second kappa shape index (κ2) is 11.2. The van der Waals surface area contributed by atoms with Gasteiger partial charge >= 0.3 is 0 Å². The van der Waals surface area contributed by atoms with Gasteiger partial charge in [0, 0.05) is 25.5 Å². The number of hydrogen-bond acceptors (Lipinski definition) is 5. The molecule has 0 atom stereocenters. The summed E-state index contributed by atoms with van der Waals surface area (Å²) in [6.07, 6.45) is 1.56. The van der Waals surface area contributed by atoms with E-state index in [4.69, 9.17) is 9.72 Å². The number of halogens is 2. The van der Waals surface area contributed by atoms with E-state index in [2.05, 4.69) is 85.5 Å². The monoisotopic (exact) mass is 691 g/mol. The van der Waals surface area contributed by atoms with E-state index in [9.17, 15) is 14.7 Å². The molecule has 1 N–H and O–H groups in total. The third-order valence-electron chi connectivity index (χ3n) is 7.77. The maximum Gasteiger partial charge on any atom is 0.181 e. The van der Waals surface area contributed by atoms with E-state index in [0.717, 1.165) is 29.4 Å². The van der Waals surface area contributed by atoms with Crippen molar-refractivity contribution in [2.45, 2.75) is 71.1 Å². The molecule has 5 rings (SSSR count). The Kier molecular flexibility index (Phi) is 8.14. The fourth-order valence-electron chi connectivity index (χ4n) is 5.56. The molecule has 1 aliphatic carbocycles. The molecule has 0 aliphatic heterocycles. The van der Waals surface area contributed by atoms with Crippen molar-refractivity contribution in [2.75, 3.05) is 6.61 Å². The van der Waals surface area contributed by atoms with Crippen LogP contribution in [-0.4, -0.2) is 28.3 Å². The maximum atomic E-state index is 13.4. The number of aromatic nitrogens is 1. The summed E-state index contributed by atoms with van der Waals surface area (Å²) in [5.41, 5.74) is 4.53. The van der Waals surface area contributed by atoms with Crippen LogP contribution in [0.4, 0.5) is 0 Å². The first-order chi connectivity index (χ1) is 19.7. The second-order valence-corrected chi connectivity index (χ2v) is 14.7. The molecule has 3 aromatic carbocycles. The van der Waals surface area contributed by atoms with Gasteiger partial charge in [-0.15, -0.1) is 0 Å². The Morgan fingerprint density at radius 3 is 1.95 bits per heavy atom. The van der Waals surface area contributed by atoms with Crippen LogP contribution in [0.5, 0.6) is 11.5 Å². The van der Waals surface area contributed by atoms with Gasteiger partial charge in [0.25, 0.3) is 0 Å². The van der Waals surface area contributed by atoms with Crippen LogP contribution in [-0.2, 0) is 17.3 Å². The number of carbonyl (C=O) groups excluding carboxylic acids is 2. The normalized spacial score (nSPS) is 14.1. The first-order valence-corrected chi connectivity index (χ1v) is 15.7. The number of carbonyl (C=O) groups is 2. The van der Waals surface area contributed by atoms with Gasteiger partial charge in [-0.25, -0.2) is 4.98 Å². The van der Waals surface area contributed by atoms with E-state index < -0.39 is 5.92 Å². The van der Waals surface area contributed by atoms with Crippen molar-refractivity contribution in [3.8, 4) is 11.5 Å². The van der Waals surface area contributed by atoms with Crippen LogP contribution in [0, 0.1) is 0 Å². The number of pyridine rings is 1. The number of hydrogen-bond donors (Lipinski definition) is 1. The van der Waals surface area contributed by atoms with E-state index in [1.807, 2.05) is 24.3 Å². The number of aryl methyl sites for hydroxylation is 1. The Morgan fingerprint density at radius 2 is 1.40 bits per heavy atom. The highest BCUT2D eigenvalue weighted by Crippen LogP contribution is 2.42. The van der Waals surface area contributed by atoms with Crippen molar-refractivity contribution in [3.05, 3.63) is 97.1 Å². The first kappa shape index (κ1) is 30.4. The summed E-state index contributed by atoms with van der Waals surface area (Å²) in [6, 6.07) is 17.1. The number of rotatable bonds is 6. The molecule has 1 aliphatic rings. The summed E-state index contributed by atoms with van der Waals surface area (Å²) in [4.78, 5) is 31.6. The Hall–Kier alpha value is -3.03. The fourth-order valence-corrected chi connectivity index (χ4v) is 6.61. The zero-order valence-electron chi connectivity index (χ0n) is 24.8. The molecule has 0 saturated heterocycles. The van der Waals surface area contributed by atoms with Crippen LogP contribution < -0.4 is 4.74 Å². The number of ether oxygens (including phenoxy) is 1. The van der Waals surface area contributed by atoms with Crippen LogP contribution in [0.1, 0.15) is 97.0 Å². The van der Waals surface area contributed by atoms with Gasteiger partial charge in [0.15, 0.2) is 11.6 Å². The number of ketones is 2. The van der Waals surface area contributed by atoms with E-state index in [-0.39, 0.29) is 22.4 Å². The van der Waals surface area contributed by atoms with E-state index in [1.165, 1.54) is 5.56 Å². The zero-order chi connectivity index (χ0) is 30.6. The first-order valence-electron chi connectivity index (χ1n) is 14.1. The lowest BCUT2D eigenvalue weighted by molar-refractivity contribution is 0.0887. The molecule has 1 aromatic heterocycles. The smallest absolute Gasteiger partial charge is 0.181 e. The van der Waals surface area contributed by atoms with Crippen LogP contribution >= 0.6 is 31.9 Å². The zero-order valence-corrected chi connectivity index (χ0v) is 27.9. The Bertz CT molecular complexity index is 1650. The molecule has 0 bridgehead atoms. The predicted octanol–water partition coefficient (Wildman–Crippen LogP) is 9.23. The second-order valence-electron chi connectivity index (χ2n) is 13.0. The number of Topliss-reactive ketones (excluding diaryl/α,β-unsaturated/α-hetero) is 2. The van der Waals surface area contributed by atoms with Gasteiger partial charge in [0.2, 0.25) is 0 Å². The van der Waals surface area contributed by atoms with Gasteiger partial charge in [-0.05, 0) is 64.6 Å². The highest BCUT2D eigenvalue weighted by Gasteiger charge is 2.43. The van der Waals surface area contributed by atoms with Crippen molar-refractivity contribution in [1.82, 2.24) is 4.98 Å². The molecule has 0 amide bonds. The Labute approximate surface area is 264 Å². The average Bonchev–Trinajstić information content (AvgIpc) is 3.18. The lowest BCUT2D eigenvalue weighted by Crippen LogP contribution is -2.18. The van der Waals surface area contributed by atoms with Crippen molar-refractivity contribution in [1.29, 1.82) is 0 Å². The minimum Gasteiger partial charge on any atom is -0.507 e. The maximum absolute atomic E-state index is 13.4. The summed E-state index contributed by atoms with van der Waals surface area (Å²) in [6.45, 7) is 13.2. The molecule has 218 valence electrons. The highest BCUT2D eigenvalue weighted by atomic mass is 79.9. The molecule has 7 heteroatoms. The molecule has 0 saturated carbocycles. The number of phenolic OH excluding ortho intramolecular Hbond substituents is 1. The number of nitrogens with zero attached hydrogens (tertiary/aromatic N) is 1. The predicted molar refractivity (Wildman–Crippen MR) is 174 cm³/mol. The Morgan fingerprint density at radius 1 is 0.833 bits per heavy atom. The molecule has 4 aromatic rings. The van der Waals surface area contributed by atoms with Gasteiger partial charge in [-0.2, -0.15) is 0 Å². The number of aromatic hydroxyl groups is 1. The van der Waals surface area contributed by atoms with E-state index in [0.29, 0.717) is 49.4 Å². The van der Waals surface area contributed by atoms with Gasteiger partial charge < -0.3 is 9.84 Å². The Balaban J connectivity index is 1.37. The molecule has 5 nitrogen and oxygen atoms in total. The molecule has 0 fully saturated rings. The van der Waals surface area contributed by atoms with Crippen LogP contribution in [0.3, 0.4) is 0 Å². The molecule has 0 radical (unpaired) electrons. The number of para-hydroxylation sites is 1. The summed E-state index contributed by atoms with van der Waals surface area (Å²) in [5, 5.41) is 11.9. The van der Waals surface area contributed by atoms with Crippen molar-refractivity contribution < 1.29 is 19.4 Å². The van der Waals surface area contributed by atoms with Gasteiger partial charge in [-0.3, -0.25) is 9.59 Å². The number of phenols is 1. The van der Waals surface area contributed by atoms with Gasteiger partial charge in [0.05, 0.1) is 12.3 Å². The largest absolute Gasteiger partial charge is 0.507 e. The van der Waals surface area contributed by atoms with E-state index >= 15 is 0 Å². The standard InChI is InChI=1S/C35H35Br2NO4/c1-34(2,3)21-17-19(18-22(31(21)39)35(4,5)6)9-8-16-42-26-11-7-10-20-12-15-25(38-30(20)26)29-32(40)27-23(36)13-14-24(37)28(27)33(29)41/h7,10-15,17-18,29,39H,8-9,16H2,1-6H3. The number of benzene rings is 3. The topological polar surface area (TPSA) is 76.5 Å².